The normalized spacial score (nSPS) is 27.4. The van der Waals surface area contributed by atoms with Crippen LogP contribution in [0.15, 0.2) is 16.9 Å². The van der Waals surface area contributed by atoms with E-state index in [1.54, 1.807) is 11.6 Å². The maximum atomic E-state index is 12.8. The van der Waals surface area contributed by atoms with E-state index in [-0.39, 0.29) is 17.9 Å². The van der Waals surface area contributed by atoms with Gasteiger partial charge in [0.05, 0.1) is 12.2 Å². The van der Waals surface area contributed by atoms with Crippen molar-refractivity contribution in [1.29, 1.82) is 0 Å². The minimum absolute atomic E-state index is 0.0277. The predicted molar refractivity (Wildman–Crippen MR) is 76.8 cm³/mol. The molecular formula is C15H19N5O2. The summed E-state index contributed by atoms with van der Waals surface area (Å²) < 4.78 is 6.85. The minimum Gasteiger partial charge on any atom is -0.340 e. The van der Waals surface area contributed by atoms with Crippen molar-refractivity contribution in [3.63, 3.8) is 0 Å². The Labute approximate surface area is 128 Å². The Morgan fingerprint density at radius 2 is 2.32 bits per heavy atom. The smallest absolute Gasteiger partial charge is 0.226 e. The second-order valence-electron chi connectivity index (χ2n) is 6.26. The van der Waals surface area contributed by atoms with Crippen LogP contribution >= 0.6 is 0 Å². The van der Waals surface area contributed by atoms with E-state index in [2.05, 4.69) is 15.2 Å². The Kier molecular flexibility index (Phi) is 3.02. The van der Waals surface area contributed by atoms with Crippen LogP contribution in [0, 0.1) is 12.8 Å². The summed E-state index contributed by atoms with van der Waals surface area (Å²) in [5, 5.41) is 8.19. The Balaban J connectivity index is 1.48. The minimum atomic E-state index is -0.0277. The van der Waals surface area contributed by atoms with Crippen molar-refractivity contribution in [2.24, 2.45) is 13.0 Å². The summed E-state index contributed by atoms with van der Waals surface area (Å²) >= 11 is 0. The van der Waals surface area contributed by atoms with Crippen LogP contribution in [0.1, 0.15) is 48.5 Å². The molecule has 3 atom stereocenters. The van der Waals surface area contributed by atoms with E-state index >= 15 is 0 Å². The van der Waals surface area contributed by atoms with Crippen LogP contribution in [-0.2, 0) is 11.8 Å². The number of likely N-dealkylation sites (tertiary alicyclic amines) is 1. The summed E-state index contributed by atoms with van der Waals surface area (Å²) in [6, 6.07) is -0.0277. The zero-order valence-electron chi connectivity index (χ0n) is 12.8. The van der Waals surface area contributed by atoms with Crippen molar-refractivity contribution in [3.8, 4) is 0 Å². The standard InChI is InChI=1S/C15H19N5O2/c1-9-17-14(18-22-9)13-4-3-5-20(13)15(21)12-6-11(12)10-7-16-19(2)8-10/h7-8,11-13H,3-6H2,1-2H3/t11-,12-,13+/m1/s1. The van der Waals surface area contributed by atoms with Crippen molar-refractivity contribution in [3.05, 3.63) is 29.7 Å². The van der Waals surface area contributed by atoms with Crippen LogP contribution < -0.4 is 0 Å². The summed E-state index contributed by atoms with van der Waals surface area (Å²) in [5.74, 6) is 1.81. The topological polar surface area (TPSA) is 77.1 Å². The third-order valence-corrected chi connectivity index (χ3v) is 4.64. The van der Waals surface area contributed by atoms with Crippen molar-refractivity contribution in [1.82, 2.24) is 24.8 Å². The van der Waals surface area contributed by atoms with Crippen LogP contribution in [0.2, 0.25) is 0 Å². The average molecular weight is 301 g/mol. The van der Waals surface area contributed by atoms with Gasteiger partial charge >= 0.3 is 0 Å². The number of rotatable bonds is 3. The Morgan fingerprint density at radius 3 is 3.00 bits per heavy atom. The third-order valence-electron chi connectivity index (χ3n) is 4.64. The monoisotopic (exact) mass is 301 g/mol. The highest BCUT2D eigenvalue weighted by Gasteiger charge is 2.48. The number of aromatic nitrogens is 4. The summed E-state index contributed by atoms with van der Waals surface area (Å²) in [5.41, 5.74) is 1.16. The fourth-order valence-corrected chi connectivity index (χ4v) is 3.43. The molecule has 0 N–H and O–H groups in total. The number of aryl methyl sites for hydroxylation is 2. The van der Waals surface area contributed by atoms with Crippen LogP contribution in [0.3, 0.4) is 0 Å². The molecule has 2 aromatic rings. The van der Waals surface area contributed by atoms with Crippen molar-refractivity contribution in [2.45, 2.75) is 38.1 Å². The van der Waals surface area contributed by atoms with Crippen LogP contribution in [0.4, 0.5) is 0 Å². The lowest BCUT2D eigenvalue weighted by atomic mass is 10.1. The Hall–Kier alpha value is -2.18. The first-order valence-electron chi connectivity index (χ1n) is 7.72. The molecule has 4 rings (SSSR count). The summed E-state index contributed by atoms with van der Waals surface area (Å²) in [4.78, 5) is 19.0. The van der Waals surface area contributed by atoms with Crippen LogP contribution in [-0.4, -0.2) is 37.3 Å². The van der Waals surface area contributed by atoms with E-state index < -0.39 is 0 Å². The van der Waals surface area contributed by atoms with Gasteiger partial charge in [0, 0.05) is 32.6 Å². The molecule has 0 aromatic carbocycles. The molecule has 3 heterocycles. The van der Waals surface area contributed by atoms with Gasteiger partial charge in [0.25, 0.3) is 0 Å². The fraction of sp³-hybridized carbons (Fsp3) is 0.600. The van der Waals surface area contributed by atoms with Gasteiger partial charge in [0.15, 0.2) is 5.82 Å². The average Bonchev–Trinajstić information content (AvgIpc) is 2.85. The van der Waals surface area contributed by atoms with Gasteiger partial charge in [0.2, 0.25) is 11.8 Å². The molecule has 2 aromatic heterocycles. The molecule has 0 radical (unpaired) electrons. The van der Waals surface area contributed by atoms with Crippen LogP contribution in [0.25, 0.3) is 0 Å². The SMILES string of the molecule is Cc1nc([C@@H]2CCCN2C(=O)[C@@H]2C[C@@H]2c2cnn(C)c2)no1. The number of carbonyl (C=O) groups excluding carboxylic acids is 1. The molecule has 1 amide bonds. The highest BCUT2D eigenvalue weighted by molar-refractivity contribution is 5.83. The van der Waals surface area contributed by atoms with Gasteiger partial charge in [-0.15, -0.1) is 0 Å². The maximum Gasteiger partial charge on any atom is 0.226 e. The van der Waals surface area contributed by atoms with Crippen molar-refractivity contribution < 1.29 is 9.32 Å². The second kappa shape index (κ2) is 4.93. The van der Waals surface area contributed by atoms with Gasteiger partial charge in [-0.3, -0.25) is 9.48 Å². The summed E-state index contributed by atoms with van der Waals surface area (Å²) in [7, 11) is 1.90. The zero-order valence-corrected chi connectivity index (χ0v) is 12.8. The molecular weight excluding hydrogens is 282 g/mol. The molecule has 7 nitrogen and oxygen atoms in total. The van der Waals surface area contributed by atoms with Gasteiger partial charge in [-0.25, -0.2) is 0 Å². The molecule has 2 aliphatic rings. The molecule has 1 saturated carbocycles. The molecule has 0 bridgehead atoms. The second-order valence-corrected chi connectivity index (χ2v) is 6.26. The first kappa shape index (κ1) is 13.5. The maximum absolute atomic E-state index is 12.8. The van der Waals surface area contributed by atoms with E-state index in [1.165, 1.54) is 0 Å². The van der Waals surface area contributed by atoms with Gasteiger partial charge in [-0.05, 0) is 30.7 Å². The summed E-state index contributed by atoms with van der Waals surface area (Å²) in [6.45, 7) is 2.56. The van der Waals surface area contributed by atoms with E-state index in [9.17, 15) is 4.79 Å². The van der Waals surface area contributed by atoms with Gasteiger partial charge < -0.3 is 9.42 Å². The van der Waals surface area contributed by atoms with Gasteiger partial charge in [-0.2, -0.15) is 10.1 Å². The lowest BCUT2D eigenvalue weighted by Crippen LogP contribution is -2.32. The van der Waals surface area contributed by atoms with E-state index in [0.29, 0.717) is 17.6 Å². The highest BCUT2D eigenvalue weighted by atomic mass is 16.5. The molecule has 1 saturated heterocycles. The van der Waals surface area contributed by atoms with Crippen molar-refractivity contribution >= 4 is 5.91 Å². The molecule has 0 spiro atoms. The lowest BCUT2D eigenvalue weighted by molar-refractivity contribution is -0.133. The third kappa shape index (κ3) is 2.20. The molecule has 1 aliphatic heterocycles. The summed E-state index contributed by atoms with van der Waals surface area (Å²) in [6.07, 6.45) is 6.69. The number of nitrogens with zero attached hydrogens (tertiary/aromatic N) is 5. The number of hydrogen-bond acceptors (Lipinski definition) is 5. The molecule has 116 valence electrons. The zero-order chi connectivity index (χ0) is 15.3. The quantitative estimate of drug-likeness (QED) is 0.860. The van der Waals surface area contributed by atoms with E-state index in [1.807, 2.05) is 24.3 Å². The Bertz CT molecular complexity index is 706. The molecule has 2 fully saturated rings. The highest BCUT2D eigenvalue weighted by Crippen LogP contribution is 2.49. The number of carbonyl (C=O) groups is 1. The van der Waals surface area contributed by atoms with Gasteiger partial charge in [-0.1, -0.05) is 5.16 Å². The fourth-order valence-electron chi connectivity index (χ4n) is 3.43. The molecule has 0 unspecified atom stereocenters. The van der Waals surface area contributed by atoms with E-state index in [0.717, 1.165) is 31.4 Å². The predicted octanol–water partition coefficient (Wildman–Crippen LogP) is 1.58. The van der Waals surface area contributed by atoms with Crippen LogP contribution in [0.5, 0.6) is 0 Å². The first-order chi connectivity index (χ1) is 10.6. The molecule has 7 heteroatoms. The molecule has 22 heavy (non-hydrogen) atoms. The lowest BCUT2D eigenvalue weighted by Gasteiger charge is -2.22. The largest absolute Gasteiger partial charge is 0.340 e. The Morgan fingerprint density at radius 1 is 1.45 bits per heavy atom. The van der Waals surface area contributed by atoms with Gasteiger partial charge in [0.1, 0.15) is 0 Å². The number of amides is 1. The molecule has 1 aliphatic carbocycles. The first-order valence-corrected chi connectivity index (χ1v) is 7.72. The van der Waals surface area contributed by atoms with E-state index in [4.69, 9.17) is 4.52 Å². The number of hydrogen-bond donors (Lipinski definition) is 0. The van der Waals surface area contributed by atoms with Crippen molar-refractivity contribution in [2.75, 3.05) is 6.54 Å².